The van der Waals surface area contributed by atoms with E-state index in [2.05, 4.69) is 97.8 Å². The van der Waals surface area contributed by atoms with Crippen LogP contribution in [0.4, 0.5) is 0 Å². The summed E-state index contributed by atoms with van der Waals surface area (Å²) in [6.07, 6.45) is 2.29. The van der Waals surface area contributed by atoms with Gasteiger partial charge in [-0.05, 0) is 82.6 Å². The molecular weight excluding hydrogens is 430 g/mol. The molecule has 0 atom stereocenters. The van der Waals surface area contributed by atoms with Gasteiger partial charge in [0.2, 0.25) is 0 Å². The summed E-state index contributed by atoms with van der Waals surface area (Å²) in [5.41, 5.74) is 4.19. The van der Waals surface area contributed by atoms with Gasteiger partial charge in [-0.1, -0.05) is 48.5 Å². The summed E-state index contributed by atoms with van der Waals surface area (Å²) in [6.45, 7) is 20.8. The number of nitrogens with zero attached hydrogens (tertiary/aromatic N) is 3. The van der Waals surface area contributed by atoms with Crippen molar-refractivity contribution in [2.24, 2.45) is 5.92 Å². The molecule has 2 aromatic carbocycles. The van der Waals surface area contributed by atoms with Crippen LogP contribution in [0.1, 0.15) is 62.8 Å². The predicted molar refractivity (Wildman–Crippen MR) is 146 cm³/mol. The SMILES string of the molecule is CC(=O)C(c1ccccc1C)(c1ccccc1C)N1CCC(CN2CCN(C(C)(C)C)CC2)CC1. The van der Waals surface area contributed by atoms with Crippen molar-refractivity contribution in [1.29, 1.82) is 0 Å². The highest BCUT2D eigenvalue weighted by atomic mass is 16.1. The van der Waals surface area contributed by atoms with E-state index in [1.165, 1.54) is 30.8 Å². The number of carbonyl (C=O) groups is 1. The molecule has 4 rings (SSSR count). The molecule has 2 heterocycles. The van der Waals surface area contributed by atoms with E-state index in [9.17, 15) is 4.79 Å². The average molecular weight is 476 g/mol. The lowest BCUT2D eigenvalue weighted by atomic mass is 9.73. The molecule has 2 saturated heterocycles. The van der Waals surface area contributed by atoms with Crippen LogP contribution in [0.3, 0.4) is 0 Å². The van der Waals surface area contributed by atoms with Crippen molar-refractivity contribution in [2.75, 3.05) is 45.8 Å². The van der Waals surface area contributed by atoms with E-state index in [1.54, 1.807) is 6.92 Å². The van der Waals surface area contributed by atoms with Crippen LogP contribution >= 0.6 is 0 Å². The lowest BCUT2D eigenvalue weighted by molar-refractivity contribution is -0.128. The minimum absolute atomic E-state index is 0.220. The number of piperidine rings is 1. The van der Waals surface area contributed by atoms with Gasteiger partial charge in [-0.2, -0.15) is 0 Å². The van der Waals surface area contributed by atoms with Gasteiger partial charge in [-0.3, -0.25) is 14.6 Å². The van der Waals surface area contributed by atoms with Crippen LogP contribution < -0.4 is 0 Å². The number of benzene rings is 2. The maximum Gasteiger partial charge on any atom is 0.159 e. The van der Waals surface area contributed by atoms with E-state index in [0.717, 1.165) is 50.1 Å². The Morgan fingerprint density at radius 1 is 0.771 bits per heavy atom. The molecule has 0 radical (unpaired) electrons. The van der Waals surface area contributed by atoms with E-state index in [1.807, 2.05) is 0 Å². The molecule has 0 saturated carbocycles. The van der Waals surface area contributed by atoms with Crippen molar-refractivity contribution in [3.63, 3.8) is 0 Å². The highest BCUT2D eigenvalue weighted by Crippen LogP contribution is 2.42. The van der Waals surface area contributed by atoms with Crippen LogP contribution in [0, 0.1) is 19.8 Å². The second-order valence-corrected chi connectivity index (χ2v) is 11.8. The Balaban J connectivity index is 1.54. The molecule has 0 bridgehead atoms. The van der Waals surface area contributed by atoms with Crippen LogP contribution in [-0.4, -0.2) is 71.8 Å². The fourth-order valence-electron chi connectivity index (χ4n) is 6.46. The molecule has 4 heteroatoms. The number of aryl methyl sites for hydroxylation is 2. The molecule has 2 aromatic rings. The van der Waals surface area contributed by atoms with Gasteiger partial charge < -0.3 is 4.90 Å². The lowest BCUT2D eigenvalue weighted by Crippen LogP contribution is -2.57. The lowest BCUT2D eigenvalue weighted by Gasteiger charge is -2.48. The fraction of sp³-hybridized carbons (Fsp3) is 0.581. The van der Waals surface area contributed by atoms with Gasteiger partial charge in [0.1, 0.15) is 5.54 Å². The Bertz CT molecular complexity index is 962. The molecule has 4 nitrogen and oxygen atoms in total. The van der Waals surface area contributed by atoms with Gasteiger partial charge in [0, 0.05) is 51.4 Å². The quantitative estimate of drug-likeness (QED) is 0.569. The van der Waals surface area contributed by atoms with E-state index in [4.69, 9.17) is 0 Å². The van der Waals surface area contributed by atoms with Crippen LogP contribution in [0.25, 0.3) is 0 Å². The van der Waals surface area contributed by atoms with Crippen molar-refractivity contribution in [3.05, 3.63) is 70.8 Å². The Morgan fingerprint density at radius 3 is 1.69 bits per heavy atom. The molecule has 0 N–H and O–H groups in total. The zero-order valence-electron chi connectivity index (χ0n) is 22.8. The summed E-state index contributed by atoms with van der Waals surface area (Å²) >= 11 is 0. The minimum Gasteiger partial charge on any atom is -0.301 e. The third-order valence-electron chi connectivity index (χ3n) is 8.51. The monoisotopic (exact) mass is 475 g/mol. The third-order valence-corrected chi connectivity index (χ3v) is 8.51. The second-order valence-electron chi connectivity index (χ2n) is 11.8. The molecule has 0 amide bonds. The Labute approximate surface area is 213 Å². The van der Waals surface area contributed by atoms with Crippen molar-refractivity contribution in [2.45, 2.75) is 65.5 Å². The first kappa shape index (κ1) is 26.1. The zero-order chi connectivity index (χ0) is 25.2. The normalized spacial score (nSPS) is 19.7. The minimum atomic E-state index is -0.722. The Kier molecular flexibility index (Phi) is 7.85. The van der Waals surface area contributed by atoms with Gasteiger partial charge >= 0.3 is 0 Å². The van der Waals surface area contributed by atoms with Crippen molar-refractivity contribution in [1.82, 2.24) is 14.7 Å². The summed E-state index contributed by atoms with van der Waals surface area (Å²) in [4.78, 5) is 21.5. The number of likely N-dealkylation sites (tertiary alicyclic amines) is 1. The molecule has 0 spiro atoms. The number of ketones is 1. The Morgan fingerprint density at radius 2 is 1.26 bits per heavy atom. The van der Waals surface area contributed by atoms with Crippen LogP contribution in [0.15, 0.2) is 48.5 Å². The summed E-state index contributed by atoms with van der Waals surface area (Å²) in [5.74, 6) is 0.920. The number of piperazine rings is 1. The number of Topliss-reactive ketones (excluding diaryl/α,β-unsaturated/α-hetero) is 1. The largest absolute Gasteiger partial charge is 0.301 e. The zero-order valence-corrected chi connectivity index (χ0v) is 22.8. The first-order valence-corrected chi connectivity index (χ1v) is 13.5. The summed E-state index contributed by atoms with van der Waals surface area (Å²) in [7, 11) is 0. The molecule has 0 aliphatic carbocycles. The smallest absolute Gasteiger partial charge is 0.159 e. The van der Waals surface area contributed by atoms with Crippen LogP contribution in [-0.2, 0) is 10.3 Å². The molecule has 0 aromatic heterocycles. The third kappa shape index (κ3) is 5.26. The summed E-state index contributed by atoms with van der Waals surface area (Å²) in [5, 5.41) is 0. The standard InChI is InChI=1S/C31H45N3O/c1-24-11-7-9-13-28(24)31(26(3)35,29-14-10-8-12-25(29)2)34-17-15-27(16-18-34)23-32-19-21-33(22-20-32)30(4,5)6/h7-14,27H,15-23H2,1-6H3. The van der Waals surface area contributed by atoms with Gasteiger partial charge in [0.15, 0.2) is 5.78 Å². The first-order chi connectivity index (χ1) is 16.6. The topological polar surface area (TPSA) is 26.8 Å². The van der Waals surface area contributed by atoms with Gasteiger partial charge in [0.25, 0.3) is 0 Å². The number of rotatable bonds is 6. The maximum atomic E-state index is 13.7. The molecule has 190 valence electrons. The van der Waals surface area contributed by atoms with E-state index < -0.39 is 5.54 Å². The molecule has 2 aliphatic rings. The van der Waals surface area contributed by atoms with E-state index in [-0.39, 0.29) is 11.3 Å². The summed E-state index contributed by atoms with van der Waals surface area (Å²) in [6, 6.07) is 17.0. The highest BCUT2D eigenvalue weighted by Gasteiger charge is 2.47. The molecule has 2 aliphatic heterocycles. The van der Waals surface area contributed by atoms with Gasteiger partial charge in [0.05, 0.1) is 0 Å². The molecule has 2 fully saturated rings. The highest BCUT2D eigenvalue weighted by molar-refractivity contribution is 5.92. The predicted octanol–water partition coefficient (Wildman–Crippen LogP) is 5.26. The van der Waals surface area contributed by atoms with Gasteiger partial charge in [-0.15, -0.1) is 0 Å². The molecule has 0 unspecified atom stereocenters. The van der Waals surface area contributed by atoms with Crippen LogP contribution in [0.2, 0.25) is 0 Å². The summed E-state index contributed by atoms with van der Waals surface area (Å²) < 4.78 is 0. The average Bonchev–Trinajstić information content (AvgIpc) is 2.82. The maximum absolute atomic E-state index is 13.7. The number of hydrogen-bond donors (Lipinski definition) is 0. The first-order valence-electron chi connectivity index (χ1n) is 13.5. The van der Waals surface area contributed by atoms with Gasteiger partial charge in [-0.25, -0.2) is 0 Å². The van der Waals surface area contributed by atoms with Crippen LogP contribution in [0.5, 0.6) is 0 Å². The van der Waals surface area contributed by atoms with Crippen molar-refractivity contribution in [3.8, 4) is 0 Å². The molecular formula is C31H45N3O. The molecule has 35 heavy (non-hydrogen) atoms. The fourth-order valence-corrected chi connectivity index (χ4v) is 6.46. The van der Waals surface area contributed by atoms with Crippen molar-refractivity contribution < 1.29 is 4.79 Å². The van der Waals surface area contributed by atoms with E-state index >= 15 is 0 Å². The van der Waals surface area contributed by atoms with E-state index in [0.29, 0.717) is 5.92 Å². The van der Waals surface area contributed by atoms with Crippen molar-refractivity contribution >= 4 is 5.78 Å². The number of carbonyl (C=O) groups excluding carboxylic acids is 1. The second kappa shape index (κ2) is 10.5. The Hall–Kier alpha value is -2.01. The number of hydrogen-bond acceptors (Lipinski definition) is 4.